The van der Waals surface area contributed by atoms with Gasteiger partial charge in [0.2, 0.25) is 5.88 Å². The van der Waals surface area contributed by atoms with Crippen molar-refractivity contribution in [3.8, 4) is 23.1 Å². The van der Waals surface area contributed by atoms with Gasteiger partial charge in [-0.05, 0) is 0 Å². The highest BCUT2D eigenvalue weighted by atomic mass is 16.5. The fourth-order valence-electron chi connectivity index (χ4n) is 1.22. The van der Waals surface area contributed by atoms with Gasteiger partial charge < -0.3 is 9.47 Å². The van der Waals surface area contributed by atoms with Gasteiger partial charge in [0.1, 0.15) is 0 Å². The van der Waals surface area contributed by atoms with Crippen LogP contribution in [0.25, 0.3) is 11.3 Å². The number of methoxy groups -OCH3 is 2. The Bertz CT molecular complexity index is 476. The summed E-state index contributed by atoms with van der Waals surface area (Å²) in [5.41, 5.74) is 1.33. The van der Waals surface area contributed by atoms with E-state index >= 15 is 0 Å². The Morgan fingerprint density at radius 2 is 1.88 bits per heavy atom. The van der Waals surface area contributed by atoms with Crippen molar-refractivity contribution in [3.05, 3.63) is 24.8 Å². The molecule has 82 valence electrons. The molecule has 0 aliphatic carbocycles. The SMILES string of the molecule is COc1ncc(-c2cnccn2)c(OC)n1. The molecule has 0 aromatic carbocycles. The van der Waals surface area contributed by atoms with Gasteiger partial charge in [0, 0.05) is 18.6 Å². The lowest BCUT2D eigenvalue weighted by atomic mass is 10.2. The first kappa shape index (κ1) is 10.3. The van der Waals surface area contributed by atoms with Crippen LogP contribution in [0, 0.1) is 0 Å². The molecule has 2 rings (SSSR count). The van der Waals surface area contributed by atoms with Crippen molar-refractivity contribution in [2.24, 2.45) is 0 Å². The summed E-state index contributed by atoms with van der Waals surface area (Å²) in [5, 5.41) is 0. The minimum atomic E-state index is 0.254. The van der Waals surface area contributed by atoms with Gasteiger partial charge in [-0.25, -0.2) is 4.98 Å². The van der Waals surface area contributed by atoms with Gasteiger partial charge in [-0.1, -0.05) is 0 Å². The lowest BCUT2D eigenvalue weighted by molar-refractivity contribution is 0.353. The van der Waals surface area contributed by atoms with Crippen LogP contribution in [0.5, 0.6) is 11.9 Å². The predicted octanol–water partition coefficient (Wildman–Crippen LogP) is 0.951. The second-order valence-corrected chi connectivity index (χ2v) is 2.87. The zero-order valence-corrected chi connectivity index (χ0v) is 8.91. The fourth-order valence-corrected chi connectivity index (χ4v) is 1.22. The maximum atomic E-state index is 5.14. The van der Waals surface area contributed by atoms with E-state index in [1.165, 1.54) is 14.2 Å². The van der Waals surface area contributed by atoms with E-state index in [-0.39, 0.29) is 6.01 Å². The van der Waals surface area contributed by atoms with Gasteiger partial charge in [-0.2, -0.15) is 4.98 Å². The van der Waals surface area contributed by atoms with E-state index < -0.39 is 0 Å². The van der Waals surface area contributed by atoms with Gasteiger partial charge in [-0.3, -0.25) is 9.97 Å². The van der Waals surface area contributed by atoms with Crippen LogP contribution in [-0.2, 0) is 0 Å². The Kier molecular flexibility index (Phi) is 2.90. The van der Waals surface area contributed by atoms with Crippen molar-refractivity contribution in [1.82, 2.24) is 19.9 Å². The third-order valence-electron chi connectivity index (χ3n) is 1.95. The zero-order valence-electron chi connectivity index (χ0n) is 8.91. The summed E-state index contributed by atoms with van der Waals surface area (Å²) in [6.07, 6.45) is 6.40. The average molecular weight is 218 g/mol. The molecule has 0 aliphatic rings. The smallest absolute Gasteiger partial charge is 0.319 e. The van der Waals surface area contributed by atoms with E-state index in [1.807, 2.05) is 0 Å². The third-order valence-corrected chi connectivity index (χ3v) is 1.95. The van der Waals surface area contributed by atoms with Gasteiger partial charge >= 0.3 is 6.01 Å². The molecule has 0 saturated carbocycles. The topological polar surface area (TPSA) is 70.0 Å². The van der Waals surface area contributed by atoms with E-state index in [2.05, 4.69) is 19.9 Å². The first-order valence-corrected chi connectivity index (χ1v) is 4.56. The molecule has 2 aromatic rings. The summed E-state index contributed by atoms with van der Waals surface area (Å²) in [7, 11) is 3.03. The van der Waals surface area contributed by atoms with Gasteiger partial charge in [0.15, 0.2) is 0 Å². The maximum Gasteiger partial charge on any atom is 0.319 e. The van der Waals surface area contributed by atoms with Crippen molar-refractivity contribution in [1.29, 1.82) is 0 Å². The number of ether oxygens (including phenoxy) is 2. The van der Waals surface area contributed by atoms with Crippen molar-refractivity contribution in [2.75, 3.05) is 14.2 Å². The maximum absolute atomic E-state index is 5.14. The highest BCUT2D eigenvalue weighted by Crippen LogP contribution is 2.26. The number of nitrogens with zero attached hydrogens (tertiary/aromatic N) is 4. The molecule has 0 bridgehead atoms. The zero-order chi connectivity index (χ0) is 11.4. The normalized spacial score (nSPS) is 9.88. The monoisotopic (exact) mass is 218 g/mol. The van der Waals surface area contributed by atoms with E-state index in [1.54, 1.807) is 24.8 Å². The molecule has 0 spiro atoms. The number of rotatable bonds is 3. The Morgan fingerprint density at radius 1 is 1.00 bits per heavy atom. The molecule has 0 unspecified atom stereocenters. The van der Waals surface area contributed by atoms with E-state index in [0.29, 0.717) is 17.1 Å². The average Bonchev–Trinajstić information content (AvgIpc) is 2.39. The first-order chi connectivity index (χ1) is 7.85. The molecule has 0 radical (unpaired) electrons. The minimum absolute atomic E-state index is 0.254. The summed E-state index contributed by atoms with van der Waals surface area (Å²) < 4.78 is 10.1. The van der Waals surface area contributed by atoms with E-state index in [4.69, 9.17) is 9.47 Å². The Hall–Kier alpha value is -2.24. The molecule has 0 fully saturated rings. The number of aromatic nitrogens is 4. The summed E-state index contributed by atoms with van der Waals surface area (Å²) in [4.78, 5) is 16.2. The summed E-state index contributed by atoms with van der Waals surface area (Å²) >= 11 is 0. The molecule has 0 aliphatic heterocycles. The van der Waals surface area contributed by atoms with Crippen LogP contribution in [0.1, 0.15) is 0 Å². The quantitative estimate of drug-likeness (QED) is 0.763. The van der Waals surface area contributed by atoms with Crippen LogP contribution in [0.15, 0.2) is 24.8 Å². The minimum Gasteiger partial charge on any atom is -0.480 e. The van der Waals surface area contributed by atoms with Crippen molar-refractivity contribution in [3.63, 3.8) is 0 Å². The van der Waals surface area contributed by atoms with Crippen LogP contribution in [0.3, 0.4) is 0 Å². The van der Waals surface area contributed by atoms with Crippen LogP contribution in [-0.4, -0.2) is 34.2 Å². The Morgan fingerprint density at radius 3 is 2.50 bits per heavy atom. The second-order valence-electron chi connectivity index (χ2n) is 2.87. The van der Waals surface area contributed by atoms with Gasteiger partial charge in [-0.15, -0.1) is 0 Å². The van der Waals surface area contributed by atoms with Gasteiger partial charge in [0.05, 0.1) is 31.7 Å². The Balaban J connectivity index is 2.49. The summed E-state index contributed by atoms with van der Waals surface area (Å²) in [6, 6.07) is 0.254. The van der Waals surface area contributed by atoms with E-state index in [9.17, 15) is 0 Å². The number of hydrogen-bond acceptors (Lipinski definition) is 6. The lowest BCUT2D eigenvalue weighted by Gasteiger charge is -2.06. The fraction of sp³-hybridized carbons (Fsp3) is 0.200. The second kappa shape index (κ2) is 4.52. The molecular formula is C10H10N4O2. The molecule has 6 nitrogen and oxygen atoms in total. The van der Waals surface area contributed by atoms with Crippen molar-refractivity contribution in [2.45, 2.75) is 0 Å². The largest absolute Gasteiger partial charge is 0.480 e. The summed E-state index contributed by atoms with van der Waals surface area (Å²) in [5.74, 6) is 0.410. The molecule has 16 heavy (non-hydrogen) atoms. The van der Waals surface area contributed by atoms with Crippen LogP contribution in [0.4, 0.5) is 0 Å². The molecular weight excluding hydrogens is 208 g/mol. The van der Waals surface area contributed by atoms with E-state index in [0.717, 1.165) is 0 Å². The van der Waals surface area contributed by atoms with Crippen molar-refractivity contribution >= 4 is 0 Å². The lowest BCUT2D eigenvalue weighted by Crippen LogP contribution is -1.98. The highest BCUT2D eigenvalue weighted by Gasteiger charge is 2.10. The first-order valence-electron chi connectivity index (χ1n) is 4.56. The molecule has 0 N–H and O–H groups in total. The van der Waals surface area contributed by atoms with Crippen LogP contribution < -0.4 is 9.47 Å². The van der Waals surface area contributed by atoms with Crippen molar-refractivity contribution < 1.29 is 9.47 Å². The molecule has 6 heteroatoms. The highest BCUT2D eigenvalue weighted by molar-refractivity contribution is 5.62. The van der Waals surface area contributed by atoms with Crippen LogP contribution >= 0.6 is 0 Å². The summed E-state index contributed by atoms with van der Waals surface area (Å²) in [6.45, 7) is 0. The third kappa shape index (κ3) is 1.90. The molecule has 0 amide bonds. The van der Waals surface area contributed by atoms with Crippen LogP contribution in [0.2, 0.25) is 0 Å². The molecule has 0 saturated heterocycles. The molecule has 0 atom stereocenters. The standard InChI is InChI=1S/C10H10N4O2/c1-15-9-7(5-13-10(14-9)16-2)8-6-11-3-4-12-8/h3-6H,1-2H3. The Labute approximate surface area is 92.3 Å². The predicted molar refractivity (Wildman–Crippen MR) is 56.2 cm³/mol. The molecule has 2 aromatic heterocycles. The number of hydrogen-bond donors (Lipinski definition) is 0. The van der Waals surface area contributed by atoms with Gasteiger partial charge in [0.25, 0.3) is 0 Å². The molecule has 2 heterocycles.